The second-order valence-electron chi connectivity index (χ2n) is 4.51. The van der Waals surface area contributed by atoms with Gasteiger partial charge >= 0.3 is 0 Å². The van der Waals surface area contributed by atoms with Gasteiger partial charge in [-0.1, -0.05) is 11.6 Å². The largest absolute Gasteiger partial charge is 0.484 e. The van der Waals surface area contributed by atoms with Crippen LogP contribution in [0.4, 0.5) is 0 Å². The molecule has 0 unspecified atom stereocenters. The molecule has 110 valence electrons. The molecular formula is C15H15ClN2O3. The van der Waals surface area contributed by atoms with Gasteiger partial charge in [0.25, 0.3) is 5.91 Å². The van der Waals surface area contributed by atoms with Crippen LogP contribution in [0.15, 0.2) is 40.2 Å². The van der Waals surface area contributed by atoms with E-state index in [9.17, 15) is 4.79 Å². The molecule has 0 saturated heterocycles. The molecule has 2 rings (SSSR count). The van der Waals surface area contributed by atoms with Crippen molar-refractivity contribution < 1.29 is 13.9 Å². The van der Waals surface area contributed by atoms with Gasteiger partial charge in [-0.05, 0) is 43.2 Å². The number of nitrogens with one attached hydrogen (secondary N) is 1. The highest BCUT2D eigenvalue weighted by atomic mass is 35.5. The van der Waals surface area contributed by atoms with Crippen LogP contribution in [0.2, 0.25) is 5.02 Å². The molecule has 1 amide bonds. The number of ether oxygens (including phenoxy) is 1. The number of halogens is 1. The molecule has 0 aliphatic heterocycles. The van der Waals surface area contributed by atoms with Gasteiger partial charge in [0.1, 0.15) is 5.75 Å². The highest BCUT2D eigenvalue weighted by Crippen LogP contribution is 2.25. The molecule has 0 spiro atoms. The second kappa shape index (κ2) is 6.95. The number of hydrogen-bond acceptors (Lipinski definition) is 4. The average molecular weight is 307 g/mol. The molecule has 0 aliphatic carbocycles. The quantitative estimate of drug-likeness (QED) is 0.682. The van der Waals surface area contributed by atoms with E-state index in [2.05, 4.69) is 10.5 Å². The van der Waals surface area contributed by atoms with E-state index in [4.69, 9.17) is 20.8 Å². The van der Waals surface area contributed by atoms with Crippen LogP contribution in [0.1, 0.15) is 16.7 Å². The van der Waals surface area contributed by atoms with Crippen LogP contribution in [0.3, 0.4) is 0 Å². The summed E-state index contributed by atoms with van der Waals surface area (Å²) in [4.78, 5) is 11.6. The van der Waals surface area contributed by atoms with Gasteiger partial charge in [-0.2, -0.15) is 5.10 Å². The molecule has 2 aromatic rings. The summed E-state index contributed by atoms with van der Waals surface area (Å²) in [7, 11) is 0. The van der Waals surface area contributed by atoms with E-state index in [1.54, 1.807) is 18.2 Å². The van der Waals surface area contributed by atoms with Crippen LogP contribution >= 0.6 is 11.6 Å². The Balaban J connectivity index is 1.84. The van der Waals surface area contributed by atoms with E-state index in [0.29, 0.717) is 10.8 Å². The fourth-order valence-electron chi connectivity index (χ4n) is 1.70. The highest BCUT2D eigenvalue weighted by molar-refractivity contribution is 6.32. The van der Waals surface area contributed by atoms with Gasteiger partial charge in [-0.3, -0.25) is 4.79 Å². The lowest BCUT2D eigenvalue weighted by molar-refractivity contribution is -0.123. The van der Waals surface area contributed by atoms with Crippen molar-refractivity contribution in [1.29, 1.82) is 0 Å². The molecule has 1 N–H and O–H groups in total. The van der Waals surface area contributed by atoms with Crippen molar-refractivity contribution in [3.8, 4) is 5.75 Å². The first-order chi connectivity index (χ1) is 10.1. The Morgan fingerprint density at radius 3 is 2.76 bits per heavy atom. The van der Waals surface area contributed by atoms with Crippen molar-refractivity contribution >= 4 is 23.7 Å². The van der Waals surface area contributed by atoms with Crippen LogP contribution in [-0.2, 0) is 4.79 Å². The maximum Gasteiger partial charge on any atom is 0.277 e. The number of hydrazone groups is 1. The van der Waals surface area contributed by atoms with E-state index in [1.807, 2.05) is 13.8 Å². The Labute approximate surface area is 127 Å². The fourth-order valence-corrected chi connectivity index (χ4v) is 1.81. The van der Waals surface area contributed by atoms with Crippen LogP contribution in [0.25, 0.3) is 0 Å². The molecular weight excluding hydrogens is 292 g/mol. The standard InChI is InChI=1S/C15H15ClN2O3/c1-10-5-13(6-11(2)15(10)16)21-9-14(19)18-17-7-12-3-4-20-8-12/h3-8H,9H2,1-2H3,(H,18,19)/b17-7+. The predicted molar refractivity (Wildman–Crippen MR) is 80.9 cm³/mol. The molecule has 0 saturated carbocycles. The normalized spacial score (nSPS) is 10.8. The lowest BCUT2D eigenvalue weighted by atomic mass is 10.1. The van der Waals surface area contributed by atoms with Crippen LogP contribution in [-0.4, -0.2) is 18.7 Å². The van der Waals surface area contributed by atoms with Crippen LogP contribution < -0.4 is 10.2 Å². The molecule has 0 aliphatic rings. The number of aryl methyl sites for hydroxylation is 2. The number of hydrogen-bond donors (Lipinski definition) is 1. The number of benzene rings is 1. The molecule has 0 fully saturated rings. The average Bonchev–Trinajstić information content (AvgIpc) is 2.95. The number of rotatable bonds is 5. The maximum atomic E-state index is 11.6. The Morgan fingerprint density at radius 1 is 1.43 bits per heavy atom. The number of carbonyl (C=O) groups is 1. The number of carbonyl (C=O) groups excluding carboxylic acids is 1. The van der Waals surface area contributed by atoms with Gasteiger partial charge in [0.15, 0.2) is 6.61 Å². The smallest absolute Gasteiger partial charge is 0.277 e. The summed E-state index contributed by atoms with van der Waals surface area (Å²) in [6.07, 6.45) is 4.53. The van der Waals surface area contributed by atoms with Gasteiger partial charge < -0.3 is 9.15 Å². The summed E-state index contributed by atoms with van der Waals surface area (Å²) in [5, 5.41) is 4.49. The number of nitrogens with zero attached hydrogens (tertiary/aromatic N) is 1. The van der Waals surface area contributed by atoms with Crippen molar-refractivity contribution in [2.24, 2.45) is 5.10 Å². The highest BCUT2D eigenvalue weighted by Gasteiger charge is 2.06. The van der Waals surface area contributed by atoms with Crippen molar-refractivity contribution in [3.05, 3.63) is 52.4 Å². The summed E-state index contributed by atoms with van der Waals surface area (Å²) in [6, 6.07) is 5.31. The first-order valence-corrected chi connectivity index (χ1v) is 6.67. The first kappa shape index (κ1) is 15.1. The minimum atomic E-state index is -0.347. The number of furan rings is 1. The van der Waals surface area contributed by atoms with Gasteiger partial charge in [0, 0.05) is 10.6 Å². The third kappa shape index (κ3) is 4.36. The minimum absolute atomic E-state index is 0.122. The molecule has 6 heteroatoms. The topological polar surface area (TPSA) is 63.8 Å². The predicted octanol–water partition coefficient (Wildman–Crippen LogP) is 3.08. The third-order valence-corrected chi connectivity index (χ3v) is 3.32. The summed E-state index contributed by atoms with van der Waals surface area (Å²) >= 11 is 6.07. The van der Waals surface area contributed by atoms with E-state index in [1.165, 1.54) is 18.7 Å². The molecule has 1 aromatic heterocycles. The van der Waals surface area contributed by atoms with Crippen molar-refractivity contribution in [1.82, 2.24) is 5.43 Å². The summed E-state index contributed by atoms with van der Waals surface area (Å²) in [5.41, 5.74) is 4.95. The molecule has 1 aromatic carbocycles. The van der Waals surface area contributed by atoms with Crippen LogP contribution in [0, 0.1) is 13.8 Å². The Bertz CT molecular complexity index is 628. The fraction of sp³-hybridized carbons (Fsp3) is 0.200. The van der Waals surface area contributed by atoms with Crippen LogP contribution in [0.5, 0.6) is 5.75 Å². The van der Waals surface area contributed by atoms with E-state index < -0.39 is 0 Å². The first-order valence-electron chi connectivity index (χ1n) is 6.30. The SMILES string of the molecule is Cc1cc(OCC(=O)N/N=C/c2ccoc2)cc(C)c1Cl. The lowest BCUT2D eigenvalue weighted by Crippen LogP contribution is -2.24. The van der Waals surface area contributed by atoms with Gasteiger partial charge in [0.05, 0.1) is 18.7 Å². The zero-order chi connectivity index (χ0) is 15.2. The van der Waals surface area contributed by atoms with Gasteiger partial charge in [-0.25, -0.2) is 5.43 Å². The van der Waals surface area contributed by atoms with Crippen molar-refractivity contribution in [3.63, 3.8) is 0 Å². The third-order valence-electron chi connectivity index (χ3n) is 2.73. The summed E-state index contributed by atoms with van der Waals surface area (Å²) < 4.78 is 10.3. The van der Waals surface area contributed by atoms with E-state index in [0.717, 1.165) is 16.7 Å². The molecule has 0 atom stereocenters. The van der Waals surface area contributed by atoms with Gasteiger partial charge in [-0.15, -0.1) is 0 Å². The van der Waals surface area contributed by atoms with E-state index in [-0.39, 0.29) is 12.5 Å². The summed E-state index contributed by atoms with van der Waals surface area (Å²) in [5.74, 6) is 0.253. The molecule has 0 radical (unpaired) electrons. The monoisotopic (exact) mass is 306 g/mol. The summed E-state index contributed by atoms with van der Waals surface area (Å²) in [6.45, 7) is 3.65. The van der Waals surface area contributed by atoms with Crippen molar-refractivity contribution in [2.45, 2.75) is 13.8 Å². The Kier molecular flexibility index (Phi) is 5.00. The van der Waals surface area contributed by atoms with Crippen molar-refractivity contribution in [2.75, 3.05) is 6.61 Å². The molecule has 1 heterocycles. The Hall–Kier alpha value is -2.27. The van der Waals surface area contributed by atoms with E-state index >= 15 is 0 Å². The minimum Gasteiger partial charge on any atom is -0.484 e. The van der Waals surface area contributed by atoms with Gasteiger partial charge in [0.2, 0.25) is 0 Å². The zero-order valence-electron chi connectivity index (χ0n) is 11.7. The maximum absolute atomic E-state index is 11.6. The molecule has 21 heavy (non-hydrogen) atoms. The molecule has 0 bridgehead atoms. The zero-order valence-corrected chi connectivity index (χ0v) is 12.5. The Morgan fingerprint density at radius 2 is 2.14 bits per heavy atom. The lowest BCUT2D eigenvalue weighted by Gasteiger charge is -2.09. The number of amides is 1. The molecule has 5 nitrogen and oxygen atoms in total. The second-order valence-corrected chi connectivity index (χ2v) is 4.89.